The van der Waals surface area contributed by atoms with E-state index in [0.29, 0.717) is 18.9 Å². The molecule has 0 aliphatic carbocycles. The van der Waals surface area contributed by atoms with Crippen molar-refractivity contribution in [1.29, 1.82) is 0 Å². The quantitative estimate of drug-likeness (QED) is 0.624. The summed E-state index contributed by atoms with van der Waals surface area (Å²) in [5.41, 5.74) is 9.18. The van der Waals surface area contributed by atoms with Gasteiger partial charge in [-0.1, -0.05) is 6.07 Å². The Morgan fingerprint density at radius 3 is 2.48 bits per heavy atom. The summed E-state index contributed by atoms with van der Waals surface area (Å²) in [5.74, 6) is 0.452. The molecule has 0 unspecified atom stereocenters. The third-order valence-electron chi connectivity index (χ3n) is 3.50. The van der Waals surface area contributed by atoms with Crippen molar-refractivity contribution in [3.05, 3.63) is 29.3 Å². The van der Waals surface area contributed by atoms with Crippen molar-refractivity contribution in [2.24, 2.45) is 10.7 Å². The highest BCUT2D eigenvalue weighted by atomic mass is 16.2. The topological polar surface area (TPSA) is 70.7 Å². The van der Waals surface area contributed by atoms with Crippen molar-refractivity contribution in [1.82, 2.24) is 4.90 Å². The van der Waals surface area contributed by atoms with Gasteiger partial charge in [0.15, 0.2) is 5.96 Å². The van der Waals surface area contributed by atoms with Gasteiger partial charge in [0.2, 0.25) is 5.91 Å². The molecule has 3 N–H and O–H groups in total. The summed E-state index contributed by atoms with van der Waals surface area (Å²) >= 11 is 0. The van der Waals surface area contributed by atoms with Crippen molar-refractivity contribution in [3.63, 3.8) is 0 Å². The summed E-state index contributed by atoms with van der Waals surface area (Å²) in [5, 5.41) is 3.04. The standard InChI is InChI=1S/C16H26N4O/c1-5-20(6-2)15(21)9-10-18-16(17)19-14-8-7-12(3)13(4)11-14/h7-8,11H,5-6,9-10H2,1-4H3,(H3,17,18,19). The average Bonchev–Trinajstić information content (AvgIpc) is 2.44. The molecular weight excluding hydrogens is 264 g/mol. The number of carbonyl (C=O) groups is 1. The normalized spacial score (nSPS) is 11.3. The number of benzene rings is 1. The molecule has 21 heavy (non-hydrogen) atoms. The van der Waals surface area contributed by atoms with Crippen LogP contribution in [0.15, 0.2) is 23.2 Å². The number of nitrogens with two attached hydrogens (primary N) is 1. The summed E-state index contributed by atoms with van der Waals surface area (Å²) in [6.07, 6.45) is 0.386. The molecule has 0 aliphatic rings. The van der Waals surface area contributed by atoms with Crippen LogP contribution in [0, 0.1) is 13.8 Å². The highest BCUT2D eigenvalue weighted by Crippen LogP contribution is 2.13. The molecule has 0 fully saturated rings. The van der Waals surface area contributed by atoms with Crippen LogP contribution in [0.3, 0.4) is 0 Å². The fraction of sp³-hybridized carbons (Fsp3) is 0.500. The highest BCUT2D eigenvalue weighted by molar-refractivity contribution is 5.92. The van der Waals surface area contributed by atoms with Gasteiger partial charge < -0.3 is 16.0 Å². The number of nitrogens with zero attached hydrogens (tertiary/aromatic N) is 2. The average molecular weight is 290 g/mol. The largest absolute Gasteiger partial charge is 0.370 e. The van der Waals surface area contributed by atoms with E-state index >= 15 is 0 Å². The van der Waals surface area contributed by atoms with Crippen LogP contribution in [0.1, 0.15) is 31.4 Å². The fourth-order valence-electron chi connectivity index (χ4n) is 2.01. The second-order valence-electron chi connectivity index (χ2n) is 5.01. The van der Waals surface area contributed by atoms with Crippen LogP contribution in [0.2, 0.25) is 0 Å². The van der Waals surface area contributed by atoms with Crippen LogP contribution < -0.4 is 11.1 Å². The first-order valence-electron chi connectivity index (χ1n) is 7.39. The molecule has 1 aromatic rings. The van der Waals surface area contributed by atoms with Crippen molar-refractivity contribution in [2.75, 3.05) is 25.0 Å². The SMILES string of the molecule is CCN(CC)C(=O)CCN=C(N)Nc1ccc(C)c(C)c1. The van der Waals surface area contributed by atoms with Crippen molar-refractivity contribution in [2.45, 2.75) is 34.1 Å². The fourth-order valence-corrected chi connectivity index (χ4v) is 2.01. The number of aryl methyl sites for hydroxylation is 2. The second kappa shape index (κ2) is 8.29. The molecule has 1 amide bonds. The summed E-state index contributed by atoms with van der Waals surface area (Å²) in [6, 6.07) is 6.03. The molecule has 0 saturated heterocycles. The third-order valence-corrected chi connectivity index (χ3v) is 3.50. The number of rotatable bonds is 6. The zero-order valence-corrected chi connectivity index (χ0v) is 13.4. The molecule has 0 atom stereocenters. The summed E-state index contributed by atoms with van der Waals surface area (Å²) in [7, 11) is 0. The summed E-state index contributed by atoms with van der Waals surface area (Å²) in [6.45, 7) is 9.93. The van der Waals surface area contributed by atoms with Gasteiger partial charge in [-0.25, -0.2) is 0 Å². The molecule has 0 saturated carbocycles. The zero-order chi connectivity index (χ0) is 15.8. The van der Waals surface area contributed by atoms with Crippen molar-refractivity contribution in [3.8, 4) is 0 Å². The lowest BCUT2D eigenvalue weighted by molar-refractivity contribution is -0.130. The van der Waals surface area contributed by atoms with E-state index in [1.54, 1.807) is 4.90 Å². The van der Waals surface area contributed by atoms with Gasteiger partial charge in [-0.2, -0.15) is 0 Å². The second-order valence-corrected chi connectivity index (χ2v) is 5.01. The molecular formula is C16H26N4O. The minimum atomic E-state index is 0.114. The lowest BCUT2D eigenvalue weighted by Gasteiger charge is -2.17. The maximum Gasteiger partial charge on any atom is 0.224 e. The molecule has 5 heteroatoms. The van der Waals surface area contributed by atoms with E-state index in [0.717, 1.165) is 18.8 Å². The predicted octanol–water partition coefficient (Wildman–Crippen LogP) is 2.29. The number of anilines is 1. The van der Waals surface area contributed by atoms with Crippen LogP contribution in [0.5, 0.6) is 0 Å². The van der Waals surface area contributed by atoms with E-state index in [9.17, 15) is 4.79 Å². The van der Waals surface area contributed by atoms with Crippen LogP contribution in [-0.4, -0.2) is 36.4 Å². The number of hydrogen-bond donors (Lipinski definition) is 2. The van der Waals surface area contributed by atoms with Gasteiger partial charge in [0.1, 0.15) is 0 Å². The van der Waals surface area contributed by atoms with Crippen LogP contribution in [-0.2, 0) is 4.79 Å². The number of nitrogens with one attached hydrogen (secondary N) is 1. The van der Waals surface area contributed by atoms with E-state index < -0.39 is 0 Å². The number of aliphatic imine (C=N–C) groups is 1. The van der Waals surface area contributed by atoms with Gasteiger partial charge in [-0.15, -0.1) is 0 Å². The Kier molecular flexibility index (Phi) is 6.72. The predicted molar refractivity (Wildman–Crippen MR) is 88.6 cm³/mol. The first-order chi connectivity index (χ1) is 9.97. The molecule has 0 aliphatic heterocycles. The van der Waals surface area contributed by atoms with E-state index in [1.165, 1.54) is 11.1 Å². The summed E-state index contributed by atoms with van der Waals surface area (Å²) in [4.78, 5) is 17.8. The Morgan fingerprint density at radius 1 is 1.24 bits per heavy atom. The Balaban J connectivity index is 2.49. The molecule has 0 bridgehead atoms. The van der Waals surface area contributed by atoms with Gasteiger partial charge in [-0.05, 0) is 51.0 Å². The monoisotopic (exact) mass is 290 g/mol. The first kappa shape index (κ1) is 17.0. The van der Waals surface area contributed by atoms with Gasteiger partial charge in [-0.3, -0.25) is 9.79 Å². The van der Waals surface area contributed by atoms with E-state index in [4.69, 9.17) is 5.73 Å². The Morgan fingerprint density at radius 2 is 1.90 bits per heavy atom. The molecule has 1 aromatic carbocycles. The number of carbonyl (C=O) groups excluding carboxylic acids is 1. The Bertz CT molecular complexity index is 507. The Labute approximate surface area is 127 Å². The first-order valence-corrected chi connectivity index (χ1v) is 7.39. The minimum absolute atomic E-state index is 0.114. The van der Waals surface area contributed by atoms with E-state index in [-0.39, 0.29) is 5.91 Å². The molecule has 1 rings (SSSR count). The molecule has 5 nitrogen and oxygen atoms in total. The van der Waals surface area contributed by atoms with Crippen LogP contribution in [0.4, 0.5) is 5.69 Å². The smallest absolute Gasteiger partial charge is 0.224 e. The maximum absolute atomic E-state index is 11.8. The maximum atomic E-state index is 11.8. The van der Waals surface area contributed by atoms with Gasteiger partial charge in [0.25, 0.3) is 0 Å². The summed E-state index contributed by atoms with van der Waals surface area (Å²) < 4.78 is 0. The zero-order valence-electron chi connectivity index (χ0n) is 13.4. The molecule has 0 spiro atoms. The molecule has 0 aromatic heterocycles. The van der Waals surface area contributed by atoms with Gasteiger partial charge >= 0.3 is 0 Å². The Hall–Kier alpha value is -2.04. The minimum Gasteiger partial charge on any atom is -0.370 e. The van der Waals surface area contributed by atoms with Crippen LogP contribution in [0.25, 0.3) is 0 Å². The lowest BCUT2D eigenvalue weighted by atomic mass is 10.1. The molecule has 0 radical (unpaired) electrons. The number of amides is 1. The third kappa shape index (κ3) is 5.45. The molecule has 116 valence electrons. The molecule has 0 heterocycles. The van der Waals surface area contributed by atoms with Gasteiger partial charge in [0.05, 0.1) is 6.54 Å². The van der Waals surface area contributed by atoms with Crippen molar-refractivity contribution < 1.29 is 4.79 Å². The number of hydrogen-bond acceptors (Lipinski definition) is 2. The van der Waals surface area contributed by atoms with E-state index in [2.05, 4.69) is 24.2 Å². The van der Waals surface area contributed by atoms with E-state index in [1.807, 2.05) is 32.0 Å². The highest BCUT2D eigenvalue weighted by Gasteiger charge is 2.08. The van der Waals surface area contributed by atoms with Crippen molar-refractivity contribution >= 4 is 17.6 Å². The van der Waals surface area contributed by atoms with Crippen LogP contribution >= 0.6 is 0 Å². The van der Waals surface area contributed by atoms with Gasteiger partial charge in [0, 0.05) is 25.2 Å². The number of guanidine groups is 1. The lowest BCUT2D eigenvalue weighted by Crippen LogP contribution is -2.31.